The molecule has 8 heteroatoms. The molecule has 4 N–H and O–H groups in total. The molecule has 0 bridgehead atoms. The standard InChI is InChI=1S/C41H65N3O5/c1-23(2)26-14-18-41(35(49)42-31-22-28(37(31,6)7)34(48)44-43-24(3)45)20-19-39(9)27(33(26)41)11-12-30-38(8)16-13-25(21-32(46)47)36(4,5)29(38)15-17-40(30,39)10/h25-31,33H,1,11-22H2,2-10H3,(H,42,49)(H,43,45)(H,44,48)(H,46,47)/t25-,26-,27+,28+,29+,30+,31+,33+,38+,39+,40+,41-/m0/s1. The van der Waals surface area contributed by atoms with Crippen LogP contribution in [0.1, 0.15) is 139 Å². The zero-order valence-electron chi connectivity index (χ0n) is 31.9. The van der Waals surface area contributed by atoms with E-state index in [-0.39, 0.29) is 69.6 Å². The summed E-state index contributed by atoms with van der Waals surface area (Å²) in [4.78, 5) is 50.8. The van der Waals surface area contributed by atoms with Gasteiger partial charge in [0.2, 0.25) is 17.7 Å². The molecule has 8 nitrogen and oxygen atoms in total. The first-order valence-corrected chi connectivity index (χ1v) is 19.4. The van der Waals surface area contributed by atoms with E-state index < -0.39 is 16.8 Å². The highest BCUT2D eigenvalue weighted by Gasteiger charge is 2.72. The zero-order valence-corrected chi connectivity index (χ0v) is 31.9. The van der Waals surface area contributed by atoms with E-state index in [0.717, 1.165) is 51.4 Å². The summed E-state index contributed by atoms with van der Waals surface area (Å²) in [6.45, 7) is 24.7. The van der Waals surface area contributed by atoms with Gasteiger partial charge in [0.1, 0.15) is 0 Å². The Bertz CT molecular complexity index is 1420. The van der Waals surface area contributed by atoms with Crippen LogP contribution in [0.5, 0.6) is 0 Å². The van der Waals surface area contributed by atoms with Gasteiger partial charge in [0, 0.05) is 25.3 Å². The Morgan fingerprint density at radius 1 is 0.755 bits per heavy atom. The van der Waals surface area contributed by atoms with E-state index in [1.54, 1.807) is 0 Å². The molecule has 6 aliphatic rings. The van der Waals surface area contributed by atoms with Crippen molar-refractivity contribution in [1.82, 2.24) is 16.2 Å². The third-order valence-corrected chi connectivity index (χ3v) is 17.4. The molecule has 0 aromatic heterocycles. The molecule has 49 heavy (non-hydrogen) atoms. The van der Waals surface area contributed by atoms with Crippen molar-refractivity contribution in [1.29, 1.82) is 0 Å². The Morgan fingerprint density at radius 3 is 2.06 bits per heavy atom. The van der Waals surface area contributed by atoms with Gasteiger partial charge in [-0.2, -0.15) is 0 Å². The van der Waals surface area contributed by atoms with Crippen LogP contribution in [0.15, 0.2) is 12.2 Å². The van der Waals surface area contributed by atoms with Crippen LogP contribution in [0, 0.1) is 73.9 Å². The van der Waals surface area contributed by atoms with E-state index in [1.807, 2.05) is 13.8 Å². The normalized spacial score (nSPS) is 46.0. The van der Waals surface area contributed by atoms with Gasteiger partial charge < -0.3 is 10.4 Å². The quantitative estimate of drug-likeness (QED) is 0.172. The number of carboxylic acids is 1. The number of allylic oxidation sites excluding steroid dienone is 1. The highest BCUT2D eigenvalue weighted by atomic mass is 16.4. The van der Waals surface area contributed by atoms with Crippen LogP contribution in [0.2, 0.25) is 0 Å². The second kappa shape index (κ2) is 11.8. The van der Waals surface area contributed by atoms with E-state index in [2.05, 4.69) is 64.3 Å². The number of carboxylic acid groups (broad SMARTS) is 1. The summed E-state index contributed by atoms with van der Waals surface area (Å²) in [5.74, 6) is 1.10. The molecule has 0 saturated heterocycles. The summed E-state index contributed by atoms with van der Waals surface area (Å²) in [5.41, 5.74) is 5.78. The second-order valence-corrected chi connectivity index (χ2v) is 19.8. The van der Waals surface area contributed by atoms with Crippen molar-refractivity contribution in [3.05, 3.63) is 12.2 Å². The highest BCUT2D eigenvalue weighted by molar-refractivity contribution is 5.86. The van der Waals surface area contributed by atoms with Gasteiger partial charge in [-0.3, -0.25) is 30.0 Å². The van der Waals surface area contributed by atoms with Gasteiger partial charge >= 0.3 is 5.97 Å². The minimum Gasteiger partial charge on any atom is -0.481 e. The summed E-state index contributed by atoms with van der Waals surface area (Å²) in [6.07, 6.45) is 11.5. The van der Waals surface area contributed by atoms with Crippen molar-refractivity contribution in [2.24, 2.45) is 73.9 Å². The number of aliphatic carboxylic acids is 1. The SMILES string of the molecule is C=C(C)[C@@H]1CC[C@]2(C(=O)N[C@@H]3C[C@H](C(=O)NNC(C)=O)C3(C)C)CC[C@]3(C)[C@H](CC[C@@H]4[C@]5(C)CC[C@@H](CC(=O)O)C(C)(C)[C@H]5CC[C@]43C)[C@@H]12. The number of rotatable bonds is 6. The Labute approximate surface area is 295 Å². The number of nitrogens with one attached hydrogen (secondary N) is 3. The predicted molar refractivity (Wildman–Crippen MR) is 190 cm³/mol. The molecule has 0 aliphatic heterocycles. The Kier molecular flexibility index (Phi) is 8.79. The molecule has 3 amide bonds. The maximum absolute atomic E-state index is 14.8. The van der Waals surface area contributed by atoms with Crippen LogP contribution >= 0.6 is 0 Å². The Balaban J connectivity index is 1.26. The molecule has 6 fully saturated rings. The molecule has 0 heterocycles. The minimum atomic E-state index is -0.665. The van der Waals surface area contributed by atoms with E-state index in [4.69, 9.17) is 0 Å². The molecule has 0 aromatic rings. The van der Waals surface area contributed by atoms with Crippen molar-refractivity contribution in [2.75, 3.05) is 0 Å². The molecule has 274 valence electrons. The summed E-state index contributed by atoms with van der Waals surface area (Å²) < 4.78 is 0. The molecule has 0 spiro atoms. The second-order valence-electron chi connectivity index (χ2n) is 19.8. The number of carbonyl (C=O) groups excluding carboxylic acids is 3. The number of hydrogen-bond donors (Lipinski definition) is 4. The number of hydrazine groups is 1. The van der Waals surface area contributed by atoms with E-state index in [9.17, 15) is 24.3 Å². The van der Waals surface area contributed by atoms with Crippen LogP contribution in [0.4, 0.5) is 0 Å². The minimum absolute atomic E-state index is 0.000293. The lowest BCUT2D eigenvalue weighted by Crippen LogP contribution is -2.68. The van der Waals surface area contributed by atoms with Crippen molar-refractivity contribution in [3.63, 3.8) is 0 Å². The molecule has 0 aromatic carbocycles. The van der Waals surface area contributed by atoms with E-state index >= 15 is 0 Å². The monoisotopic (exact) mass is 679 g/mol. The largest absolute Gasteiger partial charge is 0.481 e. The maximum atomic E-state index is 14.8. The fourth-order valence-electron chi connectivity index (χ4n) is 14.3. The van der Waals surface area contributed by atoms with Crippen molar-refractivity contribution < 1.29 is 24.3 Å². The third kappa shape index (κ3) is 5.17. The van der Waals surface area contributed by atoms with Gasteiger partial charge in [0.15, 0.2) is 0 Å². The number of hydrogen-bond acceptors (Lipinski definition) is 4. The topological polar surface area (TPSA) is 125 Å². The molecule has 6 aliphatic carbocycles. The van der Waals surface area contributed by atoms with Crippen LogP contribution < -0.4 is 16.2 Å². The first-order valence-electron chi connectivity index (χ1n) is 19.4. The smallest absolute Gasteiger partial charge is 0.303 e. The average Bonchev–Trinajstić information content (AvgIpc) is 3.41. The van der Waals surface area contributed by atoms with Gasteiger partial charge in [0.05, 0.1) is 5.41 Å². The fraction of sp³-hybridized carbons (Fsp3) is 0.854. The summed E-state index contributed by atoms with van der Waals surface area (Å²) in [6, 6.07) is -0.0941. The van der Waals surface area contributed by atoms with Gasteiger partial charge in [-0.15, -0.1) is 0 Å². The number of carbonyl (C=O) groups is 4. The molecular formula is C41H65N3O5. The van der Waals surface area contributed by atoms with Crippen molar-refractivity contribution in [3.8, 4) is 0 Å². The fourth-order valence-corrected chi connectivity index (χ4v) is 14.3. The lowest BCUT2D eigenvalue weighted by Gasteiger charge is -2.73. The summed E-state index contributed by atoms with van der Waals surface area (Å²) in [7, 11) is 0. The average molecular weight is 680 g/mol. The molecule has 12 atom stereocenters. The zero-order chi connectivity index (χ0) is 36.1. The predicted octanol–water partition coefficient (Wildman–Crippen LogP) is 7.43. The van der Waals surface area contributed by atoms with Gasteiger partial charge in [-0.25, -0.2) is 0 Å². The Hall–Kier alpha value is -2.38. The van der Waals surface area contributed by atoms with Crippen LogP contribution in [-0.2, 0) is 19.2 Å². The van der Waals surface area contributed by atoms with E-state index in [1.165, 1.54) is 25.3 Å². The first kappa shape index (κ1) is 36.4. The lowest BCUT2D eigenvalue weighted by molar-refractivity contribution is -0.242. The molecule has 0 radical (unpaired) electrons. The van der Waals surface area contributed by atoms with Crippen molar-refractivity contribution >= 4 is 23.7 Å². The van der Waals surface area contributed by atoms with Gasteiger partial charge in [0.25, 0.3) is 0 Å². The summed E-state index contributed by atoms with van der Waals surface area (Å²) >= 11 is 0. The number of amides is 3. The van der Waals surface area contributed by atoms with Gasteiger partial charge in [-0.05, 0) is 140 Å². The molecule has 6 saturated carbocycles. The van der Waals surface area contributed by atoms with Gasteiger partial charge in [-0.1, -0.05) is 60.6 Å². The van der Waals surface area contributed by atoms with Crippen LogP contribution in [0.25, 0.3) is 0 Å². The maximum Gasteiger partial charge on any atom is 0.303 e. The molecule has 0 unspecified atom stereocenters. The molecular weight excluding hydrogens is 614 g/mol. The summed E-state index contributed by atoms with van der Waals surface area (Å²) in [5, 5.41) is 13.3. The van der Waals surface area contributed by atoms with Crippen LogP contribution in [0.3, 0.4) is 0 Å². The van der Waals surface area contributed by atoms with Crippen LogP contribution in [-0.4, -0.2) is 34.8 Å². The first-order chi connectivity index (χ1) is 22.7. The highest BCUT2D eigenvalue weighted by Crippen LogP contribution is 2.78. The number of fused-ring (bicyclic) bond motifs is 7. The van der Waals surface area contributed by atoms with Crippen molar-refractivity contribution in [2.45, 2.75) is 145 Å². The lowest BCUT2D eigenvalue weighted by atomic mass is 9.32. The van der Waals surface area contributed by atoms with E-state index in [0.29, 0.717) is 30.1 Å². The third-order valence-electron chi connectivity index (χ3n) is 17.4. The Morgan fingerprint density at radius 2 is 1.45 bits per heavy atom. The molecule has 6 rings (SSSR count).